The van der Waals surface area contributed by atoms with Crippen molar-refractivity contribution in [1.82, 2.24) is 0 Å². The first-order valence-electron chi connectivity index (χ1n) is 7.29. The van der Waals surface area contributed by atoms with Crippen molar-refractivity contribution in [3.63, 3.8) is 0 Å². The summed E-state index contributed by atoms with van der Waals surface area (Å²) in [6, 6.07) is 2.19. The molecule has 0 amide bonds. The van der Waals surface area contributed by atoms with E-state index < -0.39 is 17.4 Å². The second-order valence-electron chi connectivity index (χ2n) is 4.95. The highest BCUT2D eigenvalue weighted by Gasteiger charge is 2.13. The van der Waals surface area contributed by atoms with Gasteiger partial charge >= 0.3 is 0 Å². The Morgan fingerprint density at radius 1 is 1.08 bits per heavy atom. The van der Waals surface area contributed by atoms with Gasteiger partial charge in [-0.2, -0.15) is 0 Å². The van der Waals surface area contributed by atoms with Crippen LogP contribution in [0.25, 0.3) is 0 Å². The molecule has 134 valence electrons. The van der Waals surface area contributed by atoms with E-state index in [-0.39, 0.29) is 19.0 Å². The van der Waals surface area contributed by atoms with E-state index in [1.165, 1.54) is 0 Å². The van der Waals surface area contributed by atoms with E-state index in [0.717, 1.165) is 17.8 Å². The lowest BCUT2D eigenvalue weighted by atomic mass is 10.3. The molecule has 0 aromatic heterocycles. The minimum absolute atomic E-state index is 0.0936. The number of hydrogen-bond acceptors (Lipinski definition) is 4. The molecule has 0 spiro atoms. The van der Waals surface area contributed by atoms with Crippen LogP contribution in [0.2, 0.25) is 0 Å². The summed E-state index contributed by atoms with van der Waals surface area (Å²) >= 11 is 6.32. The van der Waals surface area contributed by atoms with Gasteiger partial charge in [0, 0.05) is 12.1 Å². The zero-order valence-corrected chi connectivity index (χ0v) is 16.6. The first-order valence-corrected chi connectivity index (χ1v) is 8.87. The maximum absolute atomic E-state index is 13.9. The van der Waals surface area contributed by atoms with Gasteiger partial charge in [0.25, 0.3) is 0 Å². The van der Waals surface area contributed by atoms with Crippen molar-refractivity contribution in [2.45, 2.75) is 26.7 Å². The van der Waals surface area contributed by atoms with Crippen molar-refractivity contribution >= 4 is 37.6 Å². The Bertz CT molecular complexity index is 564. The predicted octanol–water partition coefficient (Wildman–Crippen LogP) is 5.55. The molecule has 1 aromatic carbocycles. The van der Waals surface area contributed by atoms with Crippen LogP contribution in [0.3, 0.4) is 0 Å². The summed E-state index contributed by atoms with van der Waals surface area (Å²) in [5.74, 6) is -1.90. The smallest absolute Gasteiger partial charge is 0.190 e. The average Bonchev–Trinajstić information content (AvgIpc) is 2.47. The summed E-state index contributed by atoms with van der Waals surface area (Å²) in [6.45, 7) is 4.45. The second kappa shape index (κ2) is 11.4. The van der Waals surface area contributed by atoms with Gasteiger partial charge in [-0.05, 0) is 64.6 Å². The molecule has 0 saturated heterocycles. The molecule has 0 fully saturated rings. The Kier molecular flexibility index (Phi) is 9.94. The van der Waals surface area contributed by atoms with Crippen LogP contribution in [-0.2, 0) is 4.84 Å². The van der Waals surface area contributed by atoms with Crippen molar-refractivity contribution < 1.29 is 23.1 Å². The minimum Gasteiger partial charge on any atom is -0.489 e. The van der Waals surface area contributed by atoms with Crippen LogP contribution >= 0.6 is 31.9 Å². The highest BCUT2D eigenvalue weighted by atomic mass is 79.9. The predicted molar refractivity (Wildman–Crippen MR) is 97.3 cm³/mol. The van der Waals surface area contributed by atoms with Crippen LogP contribution < -0.4 is 9.47 Å². The quantitative estimate of drug-likeness (QED) is 0.256. The third-order valence-electron chi connectivity index (χ3n) is 2.58. The number of rotatable bonds is 10. The number of halogens is 4. The first kappa shape index (κ1) is 20.9. The summed E-state index contributed by atoms with van der Waals surface area (Å²) in [5, 5.41) is 3.79. The summed E-state index contributed by atoms with van der Waals surface area (Å²) in [4.78, 5) is 5.02. The lowest BCUT2D eigenvalue weighted by molar-refractivity contribution is 0.134. The van der Waals surface area contributed by atoms with E-state index in [0.29, 0.717) is 22.8 Å². The van der Waals surface area contributed by atoms with Gasteiger partial charge in [0.1, 0.15) is 19.0 Å². The van der Waals surface area contributed by atoms with Crippen LogP contribution in [0.5, 0.6) is 11.5 Å². The van der Waals surface area contributed by atoms with Crippen molar-refractivity contribution in [1.29, 1.82) is 0 Å². The molecule has 0 N–H and O–H groups in total. The molecule has 0 unspecified atom stereocenters. The van der Waals surface area contributed by atoms with Crippen molar-refractivity contribution in [3.05, 3.63) is 33.2 Å². The highest BCUT2D eigenvalue weighted by molar-refractivity contribution is 9.28. The van der Waals surface area contributed by atoms with E-state index >= 15 is 0 Å². The maximum Gasteiger partial charge on any atom is 0.190 e. The molecule has 0 aliphatic heterocycles. The third kappa shape index (κ3) is 8.63. The number of hydrogen-bond donors (Lipinski definition) is 0. The molecule has 0 heterocycles. The normalized spacial score (nSPS) is 10.1. The Morgan fingerprint density at radius 3 is 2.29 bits per heavy atom. The van der Waals surface area contributed by atoms with Gasteiger partial charge in [0.2, 0.25) is 0 Å². The second-order valence-corrected chi connectivity index (χ2v) is 7.72. The maximum atomic E-state index is 13.9. The minimum atomic E-state index is -0.797. The molecule has 0 saturated carbocycles. The Labute approximate surface area is 157 Å². The van der Waals surface area contributed by atoms with Crippen molar-refractivity contribution in [2.24, 2.45) is 5.16 Å². The zero-order chi connectivity index (χ0) is 17.9. The van der Waals surface area contributed by atoms with E-state index in [1.807, 2.05) is 13.8 Å². The zero-order valence-electron chi connectivity index (χ0n) is 13.5. The van der Waals surface area contributed by atoms with Gasteiger partial charge in [-0.1, -0.05) is 5.16 Å². The highest BCUT2D eigenvalue weighted by Crippen LogP contribution is 2.27. The van der Waals surface area contributed by atoms with Gasteiger partial charge in [-0.3, -0.25) is 0 Å². The monoisotopic (exact) mass is 469 g/mol. The van der Waals surface area contributed by atoms with Crippen LogP contribution in [0.1, 0.15) is 26.7 Å². The molecule has 0 aliphatic rings. The topological polar surface area (TPSA) is 40.0 Å². The number of nitrogens with zero attached hydrogens (tertiary/aromatic N) is 1. The lowest BCUT2D eigenvalue weighted by Crippen LogP contribution is -2.04. The number of ether oxygens (including phenoxy) is 2. The summed E-state index contributed by atoms with van der Waals surface area (Å²) in [6.07, 6.45) is 2.93. The molecule has 24 heavy (non-hydrogen) atoms. The number of oxime groups is 1. The van der Waals surface area contributed by atoms with Gasteiger partial charge < -0.3 is 14.3 Å². The van der Waals surface area contributed by atoms with Crippen LogP contribution in [-0.4, -0.2) is 25.5 Å². The molecule has 1 aromatic rings. The average molecular weight is 471 g/mol. The molecule has 8 heteroatoms. The molecule has 0 radical (unpaired) electrons. The Hall–Kier alpha value is -1.15. The van der Waals surface area contributed by atoms with Gasteiger partial charge in [-0.25, -0.2) is 8.78 Å². The summed E-state index contributed by atoms with van der Waals surface area (Å²) in [7, 11) is 0. The molecule has 0 aliphatic carbocycles. The van der Waals surface area contributed by atoms with E-state index in [2.05, 4.69) is 37.0 Å². The fraction of sp³-hybridized carbons (Fsp3) is 0.438. The molecule has 1 rings (SSSR count). The first-order chi connectivity index (χ1) is 11.4. The molecule has 4 nitrogen and oxygen atoms in total. The standard InChI is InChI=1S/C16H19Br2F2NO3/c1-11(2)21-24-7-4-3-6-23-16-13(19)9-12(10-14(16)20)22-8-5-15(17)18/h5,9-10H,3-4,6-8H2,1-2H3. The SMILES string of the molecule is CC(C)=NOCCCCOc1c(F)cc(OCC=C(Br)Br)cc1F. The third-order valence-corrected chi connectivity index (χ3v) is 3.23. The van der Waals surface area contributed by atoms with Crippen molar-refractivity contribution in [2.75, 3.05) is 19.8 Å². The summed E-state index contributed by atoms with van der Waals surface area (Å²) < 4.78 is 38.9. The van der Waals surface area contributed by atoms with Crippen LogP contribution in [0.4, 0.5) is 8.78 Å². The van der Waals surface area contributed by atoms with E-state index in [9.17, 15) is 8.78 Å². The van der Waals surface area contributed by atoms with E-state index in [1.54, 1.807) is 6.08 Å². The van der Waals surface area contributed by atoms with Crippen molar-refractivity contribution in [3.8, 4) is 11.5 Å². The molecular weight excluding hydrogens is 452 g/mol. The Balaban J connectivity index is 2.43. The molecule has 0 atom stereocenters. The summed E-state index contributed by atoms with van der Waals surface area (Å²) in [5.41, 5.74) is 0.830. The number of unbranched alkanes of at least 4 members (excludes halogenated alkanes) is 1. The molecule has 0 bridgehead atoms. The molecular formula is C16H19Br2F2NO3. The Morgan fingerprint density at radius 2 is 1.71 bits per heavy atom. The number of benzene rings is 1. The fourth-order valence-corrected chi connectivity index (χ4v) is 1.84. The van der Waals surface area contributed by atoms with Crippen LogP contribution in [0, 0.1) is 11.6 Å². The van der Waals surface area contributed by atoms with Gasteiger partial charge in [0.15, 0.2) is 17.4 Å². The van der Waals surface area contributed by atoms with Gasteiger partial charge in [0.05, 0.1) is 15.7 Å². The van der Waals surface area contributed by atoms with E-state index in [4.69, 9.17) is 14.3 Å². The lowest BCUT2D eigenvalue weighted by Gasteiger charge is -2.10. The van der Waals surface area contributed by atoms with Crippen LogP contribution in [0.15, 0.2) is 26.8 Å². The largest absolute Gasteiger partial charge is 0.489 e. The fourth-order valence-electron chi connectivity index (χ4n) is 1.58. The van der Waals surface area contributed by atoms with Gasteiger partial charge in [-0.15, -0.1) is 0 Å².